The van der Waals surface area contributed by atoms with Crippen LogP contribution in [0.1, 0.15) is 11.1 Å². The van der Waals surface area contributed by atoms with Crippen LogP contribution in [-0.2, 0) is 6.42 Å². The average molecular weight is 273 g/mol. The second-order valence-electron chi connectivity index (χ2n) is 4.28. The van der Waals surface area contributed by atoms with Crippen molar-refractivity contribution < 1.29 is 14.4 Å². The van der Waals surface area contributed by atoms with Gasteiger partial charge in [-0.3, -0.25) is 10.1 Å². The molecule has 2 aromatic carbocycles. The molecular formula is C15H15NO4. The highest BCUT2D eigenvalue weighted by atomic mass is 16.6. The SMILES string of the molecule is COc1ccc(Cc2ccc([N+](=O)[O-])cc2)c(OC)c1. The predicted octanol–water partition coefficient (Wildman–Crippen LogP) is 3.20. The molecule has 0 aromatic heterocycles. The maximum atomic E-state index is 10.6. The maximum Gasteiger partial charge on any atom is 0.269 e. The third kappa shape index (κ3) is 3.06. The van der Waals surface area contributed by atoms with E-state index in [1.165, 1.54) is 12.1 Å². The average Bonchev–Trinajstić information content (AvgIpc) is 2.48. The Balaban J connectivity index is 2.23. The normalized spacial score (nSPS) is 10.1. The van der Waals surface area contributed by atoms with E-state index in [-0.39, 0.29) is 5.69 Å². The molecular weight excluding hydrogens is 258 g/mol. The third-order valence-corrected chi connectivity index (χ3v) is 3.04. The molecule has 0 atom stereocenters. The summed E-state index contributed by atoms with van der Waals surface area (Å²) in [5.74, 6) is 1.47. The van der Waals surface area contributed by atoms with Crippen molar-refractivity contribution in [3.05, 3.63) is 63.7 Å². The number of nitro groups is 1. The first-order chi connectivity index (χ1) is 9.63. The predicted molar refractivity (Wildman–Crippen MR) is 75.4 cm³/mol. The van der Waals surface area contributed by atoms with Gasteiger partial charge in [0.15, 0.2) is 0 Å². The van der Waals surface area contributed by atoms with Gasteiger partial charge in [-0.25, -0.2) is 0 Å². The summed E-state index contributed by atoms with van der Waals surface area (Å²) in [5.41, 5.74) is 2.08. The molecule has 0 fully saturated rings. The molecule has 0 spiro atoms. The smallest absolute Gasteiger partial charge is 0.269 e. The molecule has 0 aliphatic heterocycles. The van der Waals surface area contributed by atoms with Crippen molar-refractivity contribution in [2.24, 2.45) is 0 Å². The zero-order chi connectivity index (χ0) is 14.5. The zero-order valence-electron chi connectivity index (χ0n) is 11.3. The van der Waals surface area contributed by atoms with Crippen molar-refractivity contribution in [3.63, 3.8) is 0 Å². The molecule has 5 heteroatoms. The van der Waals surface area contributed by atoms with Crippen LogP contribution in [-0.4, -0.2) is 19.1 Å². The fraction of sp³-hybridized carbons (Fsp3) is 0.200. The van der Waals surface area contributed by atoms with Crippen LogP contribution in [0.3, 0.4) is 0 Å². The summed E-state index contributed by atoms with van der Waals surface area (Å²) in [6.45, 7) is 0. The van der Waals surface area contributed by atoms with Crippen molar-refractivity contribution in [1.82, 2.24) is 0 Å². The van der Waals surface area contributed by atoms with Crippen LogP contribution in [0, 0.1) is 10.1 Å². The molecule has 0 radical (unpaired) electrons. The number of rotatable bonds is 5. The molecule has 0 aliphatic rings. The van der Waals surface area contributed by atoms with Gasteiger partial charge in [0.2, 0.25) is 0 Å². The Hall–Kier alpha value is -2.56. The first-order valence-electron chi connectivity index (χ1n) is 6.08. The lowest BCUT2D eigenvalue weighted by Crippen LogP contribution is -1.95. The van der Waals surface area contributed by atoms with Gasteiger partial charge in [-0.1, -0.05) is 18.2 Å². The van der Waals surface area contributed by atoms with Crippen LogP contribution in [0.5, 0.6) is 11.5 Å². The van der Waals surface area contributed by atoms with Crippen LogP contribution in [0.2, 0.25) is 0 Å². The van der Waals surface area contributed by atoms with Crippen molar-refractivity contribution in [3.8, 4) is 11.5 Å². The Kier molecular flexibility index (Phi) is 4.20. The molecule has 20 heavy (non-hydrogen) atoms. The Morgan fingerprint density at radius 1 is 1.05 bits per heavy atom. The molecule has 0 N–H and O–H groups in total. The molecule has 0 bridgehead atoms. The second-order valence-corrected chi connectivity index (χ2v) is 4.28. The van der Waals surface area contributed by atoms with Gasteiger partial charge in [0.25, 0.3) is 5.69 Å². The van der Waals surface area contributed by atoms with Gasteiger partial charge in [-0.05, 0) is 17.2 Å². The second kappa shape index (κ2) is 6.06. The van der Waals surface area contributed by atoms with E-state index < -0.39 is 4.92 Å². The van der Waals surface area contributed by atoms with E-state index in [9.17, 15) is 10.1 Å². The van der Waals surface area contributed by atoms with Gasteiger partial charge in [0.1, 0.15) is 11.5 Å². The molecule has 0 heterocycles. The number of benzene rings is 2. The van der Waals surface area contributed by atoms with Crippen molar-refractivity contribution in [2.75, 3.05) is 14.2 Å². The summed E-state index contributed by atoms with van der Waals surface area (Å²) in [7, 11) is 3.21. The molecule has 0 saturated heterocycles. The lowest BCUT2D eigenvalue weighted by molar-refractivity contribution is -0.384. The highest BCUT2D eigenvalue weighted by Crippen LogP contribution is 2.27. The van der Waals surface area contributed by atoms with Gasteiger partial charge >= 0.3 is 0 Å². The molecule has 104 valence electrons. The fourth-order valence-electron chi connectivity index (χ4n) is 1.95. The summed E-state index contributed by atoms with van der Waals surface area (Å²) < 4.78 is 10.5. The molecule has 0 saturated carbocycles. The van der Waals surface area contributed by atoms with Gasteiger partial charge in [0.05, 0.1) is 19.1 Å². The Morgan fingerprint density at radius 2 is 1.75 bits per heavy atom. The van der Waals surface area contributed by atoms with Gasteiger partial charge in [-0.15, -0.1) is 0 Å². The molecule has 0 amide bonds. The van der Waals surface area contributed by atoms with E-state index in [2.05, 4.69) is 0 Å². The topological polar surface area (TPSA) is 61.6 Å². The minimum Gasteiger partial charge on any atom is -0.497 e. The van der Waals surface area contributed by atoms with E-state index in [1.54, 1.807) is 26.4 Å². The summed E-state index contributed by atoms with van der Waals surface area (Å²) in [4.78, 5) is 10.2. The summed E-state index contributed by atoms with van der Waals surface area (Å²) in [6.07, 6.45) is 0.644. The highest BCUT2D eigenvalue weighted by Gasteiger charge is 2.08. The van der Waals surface area contributed by atoms with E-state index in [0.717, 1.165) is 22.6 Å². The minimum atomic E-state index is -0.405. The molecule has 5 nitrogen and oxygen atoms in total. The number of nitrogens with zero attached hydrogens (tertiary/aromatic N) is 1. The summed E-state index contributed by atoms with van der Waals surface area (Å²) in [5, 5.41) is 10.6. The van der Waals surface area contributed by atoms with Crippen LogP contribution in [0.4, 0.5) is 5.69 Å². The van der Waals surface area contributed by atoms with E-state index in [4.69, 9.17) is 9.47 Å². The van der Waals surface area contributed by atoms with E-state index >= 15 is 0 Å². The standard InChI is InChI=1S/C15H15NO4/c1-19-14-8-5-12(15(10-14)20-2)9-11-3-6-13(7-4-11)16(17)18/h3-8,10H,9H2,1-2H3. The van der Waals surface area contributed by atoms with Crippen LogP contribution < -0.4 is 9.47 Å². The zero-order valence-corrected chi connectivity index (χ0v) is 11.3. The molecule has 2 rings (SSSR count). The van der Waals surface area contributed by atoms with E-state index in [1.807, 2.05) is 18.2 Å². The monoisotopic (exact) mass is 273 g/mol. The lowest BCUT2D eigenvalue weighted by atomic mass is 10.0. The Morgan fingerprint density at radius 3 is 2.30 bits per heavy atom. The number of hydrogen-bond acceptors (Lipinski definition) is 4. The number of non-ortho nitro benzene ring substituents is 1. The quantitative estimate of drug-likeness (QED) is 0.620. The largest absolute Gasteiger partial charge is 0.497 e. The summed E-state index contributed by atoms with van der Waals surface area (Å²) >= 11 is 0. The molecule has 0 unspecified atom stereocenters. The number of hydrogen-bond donors (Lipinski definition) is 0. The molecule has 2 aromatic rings. The molecule has 0 aliphatic carbocycles. The van der Waals surface area contributed by atoms with Crippen LogP contribution >= 0.6 is 0 Å². The van der Waals surface area contributed by atoms with Crippen molar-refractivity contribution in [2.45, 2.75) is 6.42 Å². The van der Waals surface area contributed by atoms with Crippen LogP contribution in [0.15, 0.2) is 42.5 Å². The Bertz CT molecular complexity index is 608. The lowest BCUT2D eigenvalue weighted by Gasteiger charge is -2.10. The fourth-order valence-corrected chi connectivity index (χ4v) is 1.95. The van der Waals surface area contributed by atoms with Gasteiger partial charge in [-0.2, -0.15) is 0 Å². The number of methoxy groups -OCH3 is 2. The number of nitro benzene ring substituents is 1. The Labute approximate surface area is 116 Å². The van der Waals surface area contributed by atoms with Crippen LogP contribution in [0.25, 0.3) is 0 Å². The van der Waals surface area contributed by atoms with Crippen molar-refractivity contribution >= 4 is 5.69 Å². The third-order valence-electron chi connectivity index (χ3n) is 3.04. The van der Waals surface area contributed by atoms with E-state index in [0.29, 0.717) is 6.42 Å². The van der Waals surface area contributed by atoms with Gasteiger partial charge < -0.3 is 9.47 Å². The first-order valence-corrected chi connectivity index (χ1v) is 6.08. The van der Waals surface area contributed by atoms with Crippen molar-refractivity contribution in [1.29, 1.82) is 0 Å². The van der Waals surface area contributed by atoms with Gasteiger partial charge in [0, 0.05) is 24.6 Å². The number of ether oxygens (including phenoxy) is 2. The highest BCUT2D eigenvalue weighted by molar-refractivity contribution is 5.44. The first kappa shape index (κ1) is 13.9. The maximum absolute atomic E-state index is 10.6. The summed E-state index contributed by atoms with van der Waals surface area (Å²) in [6, 6.07) is 12.1. The minimum absolute atomic E-state index is 0.0930.